The number of piperidine rings is 1. The van der Waals surface area contributed by atoms with Crippen molar-refractivity contribution in [3.8, 4) is 5.75 Å². The summed E-state index contributed by atoms with van der Waals surface area (Å²) in [5.74, 6) is -0.173. The largest absolute Gasteiger partial charge is 0.487 e. The van der Waals surface area contributed by atoms with Crippen LogP contribution in [-0.4, -0.2) is 41.4 Å². The maximum Gasteiger partial charge on any atom is 0.235 e. The lowest BCUT2D eigenvalue weighted by molar-refractivity contribution is -0.157. The summed E-state index contributed by atoms with van der Waals surface area (Å²) in [5, 5.41) is 12.1. The molecule has 2 unspecified atom stereocenters. The van der Waals surface area contributed by atoms with E-state index < -0.39 is 11.5 Å². The molecule has 5 nitrogen and oxygen atoms in total. The highest BCUT2D eigenvalue weighted by Crippen LogP contribution is 2.43. The fraction of sp³-hybridized carbons (Fsp3) is 0.519. The fourth-order valence-electron chi connectivity index (χ4n) is 5.25. The second-order valence-corrected chi connectivity index (χ2v) is 9.69. The van der Waals surface area contributed by atoms with Gasteiger partial charge in [-0.1, -0.05) is 67.3 Å². The first-order chi connectivity index (χ1) is 16.0. The fourth-order valence-corrected chi connectivity index (χ4v) is 5.49. The molecule has 2 aromatic rings. The molecule has 1 saturated heterocycles. The highest BCUT2D eigenvalue weighted by Gasteiger charge is 2.46. The Kier molecular flexibility index (Phi) is 7.94. The van der Waals surface area contributed by atoms with Crippen LogP contribution in [0.4, 0.5) is 0 Å². The minimum atomic E-state index is -1.08. The SMILES string of the molecule is COC1CCCCN1C(=O)C(c1ccc(OCc2ccccc2)c(Cl)c1)C1(O)CCCCC1. The van der Waals surface area contributed by atoms with Crippen LogP contribution >= 0.6 is 11.6 Å². The Hall–Kier alpha value is -2.08. The van der Waals surface area contributed by atoms with Crippen molar-refractivity contribution in [2.45, 2.75) is 75.7 Å². The molecule has 2 atom stereocenters. The topological polar surface area (TPSA) is 59.0 Å². The summed E-state index contributed by atoms with van der Waals surface area (Å²) in [6, 6.07) is 15.4. The first kappa shape index (κ1) is 24.1. The van der Waals surface area contributed by atoms with E-state index in [0.29, 0.717) is 36.8 Å². The summed E-state index contributed by atoms with van der Waals surface area (Å²) < 4.78 is 11.6. The van der Waals surface area contributed by atoms with Crippen LogP contribution < -0.4 is 4.74 Å². The van der Waals surface area contributed by atoms with Crippen molar-refractivity contribution in [3.05, 3.63) is 64.7 Å². The number of hydrogen-bond donors (Lipinski definition) is 1. The van der Waals surface area contributed by atoms with Gasteiger partial charge in [-0.05, 0) is 55.4 Å². The maximum absolute atomic E-state index is 13.9. The zero-order valence-corrected chi connectivity index (χ0v) is 20.1. The summed E-state index contributed by atoms with van der Waals surface area (Å²) in [5.41, 5.74) is 0.709. The Bertz CT molecular complexity index is 929. The Morgan fingerprint density at radius 3 is 2.58 bits per heavy atom. The number of carbonyl (C=O) groups excluding carboxylic acids is 1. The summed E-state index contributed by atoms with van der Waals surface area (Å²) in [6.07, 6.45) is 6.70. The lowest BCUT2D eigenvalue weighted by Gasteiger charge is -2.43. The predicted molar refractivity (Wildman–Crippen MR) is 129 cm³/mol. The van der Waals surface area contributed by atoms with E-state index in [2.05, 4.69) is 0 Å². The van der Waals surface area contributed by atoms with Gasteiger partial charge in [0, 0.05) is 13.7 Å². The van der Waals surface area contributed by atoms with Gasteiger partial charge in [-0.2, -0.15) is 0 Å². The van der Waals surface area contributed by atoms with E-state index in [-0.39, 0.29) is 12.1 Å². The first-order valence-corrected chi connectivity index (χ1v) is 12.4. The van der Waals surface area contributed by atoms with Gasteiger partial charge in [0.25, 0.3) is 0 Å². The number of rotatable bonds is 7. The van der Waals surface area contributed by atoms with Crippen LogP contribution in [0.3, 0.4) is 0 Å². The molecule has 2 fully saturated rings. The van der Waals surface area contributed by atoms with Crippen LogP contribution in [0.15, 0.2) is 48.5 Å². The first-order valence-electron chi connectivity index (χ1n) is 12.0. The molecular weight excluding hydrogens is 438 g/mol. The molecule has 0 radical (unpaired) electrons. The molecule has 1 aliphatic carbocycles. The number of ether oxygens (including phenoxy) is 2. The Balaban J connectivity index is 1.61. The highest BCUT2D eigenvalue weighted by atomic mass is 35.5. The van der Waals surface area contributed by atoms with E-state index in [1.807, 2.05) is 47.4 Å². The normalized spacial score (nSPS) is 21.4. The van der Waals surface area contributed by atoms with Crippen molar-refractivity contribution in [1.82, 2.24) is 4.90 Å². The zero-order chi connectivity index (χ0) is 23.3. The van der Waals surface area contributed by atoms with Crippen LogP contribution in [-0.2, 0) is 16.1 Å². The van der Waals surface area contributed by atoms with Crippen LogP contribution in [0.1, 0.15) is 68.4 Å². The molecule has 2 aliphatic rings. The minimum absolute atomic E-state index is 0.0695. The lowest BCUT2D eigenvalue weighted by atomic mass is 9.72. The molecule has 1 amide bonds. The third-order valence-electron chi connectivity index (χ3n) is 7.03. The van der Waals surface area contributed by atoms with Crippen LogP contribution in [0.5, 0.6) is 5.75 Å². The number of aliphatic hydroxyl groups is 1. The van der Waals surface area contributed by atoms with E-state index in [9.17, 15) is 9.90 Å². The minimum Gasteiger partial charge on any atom is -0.487 e. The number of benzene rings is 2. The number of halogens is 1. The molecule has 1 N–H and O–H groups in total. The molecular formula is C27H34ClNO4. The molecule has 1 saturated carbocycles. The van der Waals surface area contributed by atoms with Crippen molar-refractivity contribution in [2.75, 3.05) is 13.7 Å². The number of carbonyl (C=O) groups is 1. The molecule has 1 aliphatic heterocycles. The smallest absolute Gasteiger partial charge is 0.235 e. The summed E-state index contributed by atoms with van der Waals surface area (Å²) >= 11 is 6.61. The Labute approximate surface area is 201 Å². The van der Waals surface area contributed by atoms with Gasteiger partial charge in [-0.3, -0.25) is 4.79 Å². The molecule has 2 aromatic carbocycles. The van der Waals surface area contributed by atoms with Crippen molar-refractivity contribution < 1.29 is 19.4 Å². The molecule has 33 heavy (non-hydrogen) atoms. The maximum atomic E-state index is 13.9. The van der Waals surface area contributed by atoms with Gasteiger partial charge in [0.1, 0.15) is 18.6 Å². The monoisotopic (exact) mass is 471 g/mol. The molecule has 178 valence electrons. The average molecular weight is 472 g/mol. The van der Waals surface area contributed by atoms with Gasteiger partial charge in [0.15, 0.2) is 0 Å². The number of methoxy groups -OCH3 is 1. The van der Waals surface area contributed by atoms with Crippen molar-refractivity contribution in [3.63, 3.8) is 0 Å². The summed E-state index contributed by atoms with van der Waals surface area (Å²) in [7, 11) is 1.65. The van der Waals surface area contributed by atoms with Crippen molar-refractivity contribution in [2.24, 2.45) is 0 Å². The number of nitrogens with zero attached hydrogens (tertiary/aromatic N) is 1. The van der Waals surface area contributed by atoms with Crippen molar-refractivity contribution in [1.29, 1.82) is 0 Å². The molecule has 0 spiro atoms. The second kappa shape index (κ2) is 10.9. The number of likely N-dealkylation sites (tertiary alicyclic amines) is 1. The number of amides is 1. The lowest BCUT2D eigenvalue weighted by Crippen LogP contribution is -2.52. The Morgan fingerprint density at radius 2 is 1.88 bits per heavy atom. The van der Waals surface area contributed by atoms with Gasteiger partial charge in [0.2, 0.25) is 5.91 Å². The number of hydrogen-bond acceptors (Lipinski definition) is 4. The molecule has 0 aromatic heterocycles. The molecule has 0 bridgehead atoms. The van der Waals surface area contributed by atoms with E-state index >= 15 is 0 Å². The third-order valence-corrected chi connectivity index (χ3v) is 7.33. The zero-order valence-electron chi connectivity index (χ0n) is 19.3. The van der Waals surface area contributed by atoms with E-state index in [1.165, 1.54) is 0 Å². The molecule has 4 rings (SSSR count). The summed E-state index contributed by atoms with van der Waals surface area (Å²) in [6.45, 7) is 1.06. The van der Waals surface area contributed by atoms with E-state index in [0.717, 1.165) is 49.7 Å². The average Bonchev–Trinajstić information content (AvgIpc) is 2.84. The van der Waals surface area contributed by atoms with Crippen molar-refractivity contribution >= 4 is 17.5 Å². The molecule has 6 heteroatoms. The quantitative estimate of drug-likeness (QED) is 0.564. The second-order valence-electron chi connectivity index (χ2n) is 9.28. The van der Waals surface area contributed by atoms with Gasteiger partial charge < -0.3 is 19.5 Å². The molecule has 1 heterocycles. The standard InChI is InChI=1S/C27H34ClNO4/c1-32-24-12-6-9-17-29(24)26(30)25(27(31)15-7-3-8-16-27)21-13-14-23(22(28)18-21)33-19-20-10-4-2-5-11-20/h2,4-5,10-11,13-14,18,24-25,31H,3,6-9,12,15-17,19H2,1H3. The van der Waals surface area contributed by atoms with Crippen LogP contribution in [0, 0.1) is 0 Å². The Morgan fingerprint density at radius 1 is 1.12 bits per heavy atom. The summed E-state index contributed by atoms with van der Waals surface area (Å²) in [4.78, 5) is 15.7. The predicted octanol–water partition coefficient (Wildman–Crippen LogP) is 5.68. The van der Waals surface area contributed by atoms with Crippen LogP contribution in [0.25, 0.3) is 0 Å². The van der Waals surface area contributed by atoms with Gasteiger partial charge in [-0.15, -0.1) is 0 Å². The van der Waals surface area contributed by atoms with Gasteiger partial charge in [-0.25, -0.2) is 0 Å². The highest BCUT2D eigenvalue weighted by molar-refractivity contribution is 6.32. The van der Waals surface area contributed by atoms with E-state index in [4.69, 9.17) is 21.1 Å². The van der Waals surface area contributed by atoms with Crippen LogP contribution in [0.2, 0.25) is 5.02 Å². The third kappa shape index (κ3) is 5.53. The van der Waals surface area contributed by atoms with Gasteiger partial charge >= 0.3 is 0 Å². The van der Waals surface area contributed by atoms with Gasteiger partial charge in [0.05, 0.1) is 16.5 Å². The van der Waals surface area contributed by atoms with E-state index in [1.54, 1.807) is 13.2 Å².